The van der Waals surface area contributed by atoms with E-state index in [9.17, 15) is 32.9 Å². The molecule has 43 heavy (non-hydrogen) atoms. The van der Waals surface area contributed by atoms with Crippen LogP contribution in [0.1, 0.15) is 54.9 Å². The molecule has 2 unspecified atom stereocenters. The Morgan fingerprint density at radius 3 is 2.33 bits per heavy atom. The van der Waals surface area contributed by atoms with Gasteiger partial charge in [-0.15, -0.1) is 0 Å². The van der Waals surface area contributed by atoms with Crippen molar-refractivity contribution in [2.75, 3.05) is 19.9 Å². The van der Waals surface area contributed by atoms with Gasteiger partial charge in [-0.05, 0) is 45.2 Å². The minimum atomic E-state index is -4.28. The number of amides is 1. The molecule has 3 heterocycles. The van der Waals surface area contributed by atoms with Crippen molar-refractivity contribution in [3.63, 3.8) is 0 Å². The molecule has 1 N–H and O–H groups in total. The van der Waals surface area contributed by atoms with E-state index in [0.29, 0.717) is 23.0 Å². The number of benzene rings is 2. The summed E-state index contributed by atoms with van der Waals surface area (Å²) in [7, 11) is -4.28. The van der Waals surface area contributed by atoms with Crippen LogP contribution in [0.5, 0.6) is 0 Å². The summed E-state index contributed by atoms with van der Waals surface area (Å²) in [6.45, 7) is 2.65. The third-order valence-electron chi connectivity index (χ3n) is 7.54. The monoisotopic (exact) mass is 611 g/mol. The van der Waals surface area contributed by atoms with Crippen molar-refractivity contribution in [3.8, 4) is 0 Å². The van der Waals surface area contributed by atoms with Gasteiger partial charge in [0.15, 0.2) is 6.73 Å². The van der Waals surface area contributed by atoms with Crippen LogP contribution in [0.4, 0.5) is 5.69 Å². The highest BCUT2D eigenvalue weighted by atomic mass is 32.2. The molecule has 0 radical (unpaired) electrons. The Balaban J connectivity index is 1.47. The predicted octanol–water partition coefficient (Wildman–Crippen LogP) is 3.29. The van der Waals surface area contributed by atoms with Gasteiger partial charge in [0.05, 0.1) is 33.7 Å². The molecule has 0 spiro atoms. The topological polar surface area (TPSA) is 171 Å². The fourth-order valence-corrected chi connectivity index (χ4v) is 6.91. The fourth-order valence-electron chi connectivity index (χ4n) is 5.48. The molecule has 3 aliphatic heterocycles. The van der Waals surface area contributed by atoms with Gasteiger partial charge in [-0.3, -0.25) is 14.9 Å². The summed E-state index contributed by atoms with van der Waals surface area (Å²) in [5.74, 6) is -4.07. The van der Waals surface area contributed by atoms with E-state index in [2.05, 4.69) is 5.32 Å². The van der Waals surface area contributed by atoms with Gasteiger partial charge in [0.1, 0.15) is 11.5 Å². The highest BCUT2D eigenvalue weighted by Crippen LogP contribution is 2.43. The number of hydrogen-bond acceptors (Lipinski definition) is 11. The minimum Gasteiger partial charge on any atom is -0.459 e. The molecule has 226 valence electrons. The number of ether oxygens (including phenoxy) is 3. The summed E-state index contributed by atoms with van der Waals surface area (Å²) in [6, 6.07) is 11.3. The van der Waals surface area contributed by atoms with E-state index in [-0.39, 0.29) is 51.3 Å². The number of fused-ring (bicyclic) bond motifs is 1. The number of hydrogen-bond donors (Lipinski definition) is 1. The number of nitrogens with zero attached hydrogens (tertiary/aromatic N) is 2. The molecule has 1 fully saturated rings. The number of carbonyl (C=O) groups excluding carboxylic acids is 3. The summed E-state index contributed by atoms with van der Waals surface area (Å²) in [6.07, 6.45) is 2.23. The molecule has 1 saturated heterocycles. The number of dihydropyridines is 1. The fraction of sp³-hybridized carbons (Fsp3) is 0.345. The van der Waals surface area contributed by atoms with Gasteiger partial charge in [-0.25, -0.2) is 18.0 Å². The first-order valence-corrected chi connectivity index (χ1v) is 15.0. The van der Waals surface area contributed by atoms with E-state index >= 15 is 0 Å². The number of nitrogens with one attached hydrogen (secondary N) is 1. The van der Waals surface area contributed by atoms with Gasteiger partial charge in [0.2, 0.25) is 0 Å². The SMILES string of the molecule is CC1=C(C(=O)OCC2CCCCO2)C(c2ccccc2[N+](=O)[O-])C(C(=O)OCN2C(=O)c3ccccc3S2(=O)=O)=C(C)N1. The summed E-state index contributed by atoms with van der Waals surface area (Å²) in [5, 5.41) is 15.0. The van der Waals surface area contributed by atoms with E-state index in [1.54, 1.807) is 6.92 Å². The summed E-state index contributed by atoms with van der Waals surface area (Å²) in [4.78, 5) is 51.3. The number of nitro groups is 1. The van der Waals surface area contributed by atoms with Crippen LogP contribution < -0.4 is 5.32 Å². The predicted molar refractivity (Wildman–Crippen MR) is 150 cm³/mol. The lowest BCUT2D eigenvalue weighted by Gasteiger charge is -2.31. The molecular weight excluding hydrogens is 582 g/mol. The third kappa shape index (κ3) is 5.62. The number of nitro benzene ring substituents is 1. The zero-order valence-electron chi connectivity index (χ0n) is 23.4. The van der Waals surface area contributed by atoms with E-state index in [4.69, 9.17) is 14.2 Å². The van der Waals surface area contributed by atoms with Crippen molar-refractivity contribution in [2.24, 2.45) is 0 Å². The maximum absolute atomic E-state index is 13.7. The van der Waals surface area contributed by atoms with Gasteiger partial charge in [0, 0.05) is 29.6 Å². The molecule has 0 aliphatic carbocycles. The summed E-state index contributed by atoms with van der Waals surface area (Å²) < 4.78 is 43.0. The van der Waals surface area contributed by atoms with Crippen molar-refractivity contribution in [3.05, 3.63) is 92.3 Å². The Bertz CT molecular complexity index is 1670. The molecule has 2 aromatic carbocycles. The van der Waals surface area contributed by atoms with Crippen LogP contribution in [0.25, 0.3) is 0 Å². The lowest BCUT2D eigenvalue weighted by atomic mass is 9.79. The van der Waals surface area contributed by atoms with E-state index in [1.165, 1.54) is 55.5 Å². The maximum Gasteiger partial charge on any atom is 0.338 e. The van der Waals surface area contributed by atoms with Gasteiger partial charge < -0.3 is 19.5 Å². The average molecular weight is 612 g/mol. The highest BCUT2D eigenvalue weighted by Gasteiger charge is 2.44. The van der Waals surface area contributed by atoms with Gasteiger partial charge in [-0.2, -0.15) is 4.31 Å². The van der Waals surface area contributed by atoms with Gasteiger partial charge in [-0.1, -0.05) is 30.3 Å². The summed E-state index contributed by atoms with van der Waals surface area (Å²) in [5.41, 5.74) is -0.0955. The van der Waals surface area contributed by atoms with Crippen molar-refractivity contribution < 1.29 is 41.9 Å². The largest absolute Gasteiger partial charge is 0.459 e. The van der Waals surface area contributed by atoms with Crippen molar-refractivity contribution in [2.45, 2.75) is 50.0 Å². The normalized spacial score (nSPS) is 21.3. The quantitative estimate of drug-likeness (QED) is 0.264. The molecule has 1 amide bonds. The van der Waals surface area contributed by atoms with E-state index < -0.39 is 45.4 Å². The van der Waals surface area contributed by atoms with E-state index in [0.717, 1.165) is 12.8 Å². The van der Waals surface area contributed by atoms with Crippen LogP contribution in [0.2, 0.25) is 0 Å². The molecule has 2 atom stereocenters. The van der Waals surface area contributed by atoms with Crippen LogP contribution in [-0.2, 0) is 33.8 Å². The molecule has 0 bridgehead atoms. The third-order valence-corrected chi connectivity index (χ3v) is 9.31. The van der Waals surface area contributed by atoms with Crippen LogP contribution in [0, 0.1) is 10.1 Å². The number of esters is 2. The second kappa shape index (κ2) is 12.0. The molecule has 2 aromatic rings. The zero-order valence-corrected chi connectivity index (χ0v) is 24.2. The van der Waals surface area contributed by atoms with Crippen LogP contribution in [0.15, 0.2) is 76.0 Å². The first kappa shape index (κ1) is 29.9. The first-order valence-electron chi connectivity index (χ1n) is 13.6. The van der Waals surface area contributed by atoms with Crippen LogP contribution in [-0.4, -0.2) is 61.5 Å². The number of carbonyl (C=O) groups is 3. The zero-order chi connectivity index (χ0) is 30.9. The Labute approximate surface area is 247 Å². The Morgan fingerprint density at radius 1 is 1.02 bits per heavy atom. The van der Waals surface area contributed by atoms with Gasteiger partial charge in [0.25, 0.3) is 21.6 Å². The highest BCUT2D eigenvalue weighted by molar-refractivity contribution is 7.90. The second-order valence-electron chi connectivity index (χ2n) is 10.3. The molecule has 5 rings (SSSR count). The number of rotatable bonds is 8. The smallest absolute Gasteiger partial charge is 0.338 e. The maximum atomic E-state index is 13.7. The Kier molecular flexibility index (Phi) is 8.33. The number of para-hydroxylation sites is 1. The van der Waals surface area contributed by atoms with Crippen molar-refractivity contribution in [1.29, 1.82) is 0 Å². The molecule has 3 aliphatic rings. The second-order valence-corrected chi connectivity index (χ2v) is 12.1. The van der Waals surface area contributed by atoms with Crippen LogP contribution in [0.3, 0.4) is 0 Å². The molecule has 0 saturated carbocycles. The van der Waals surface area contributed by atoms with Crippen molar-refractivity contribution >= 4 is 33.6 Å². The van der Waals surface area contributed by atoms with E-state index in [1.807, 2.05) is 0 Å². The van der Waals surface area contributed by atoms with Gasteiger partial charge >= 0.3 is 11.9 Å². The lowest BCUT2D eigenvalue weighted by molar-refractivity contribution is -0.385. The molecule has 13 nitrogen and oxygen atoms in total. The standard InChI is InChI=1S/C29H29N3O10S/c1-17-24(28(34)41-15-19-9-7-8-14-40-19)26(20-10-3-5-12-22(20)32(36)37)25(18(2)30-17)29(35)42-16-31-27(33)21-11-4-6-13-23(21)43(31,38)39/h3-6,10-13,19,26,30H,7-9,14-16H2,1-2H3. The lowest BCUT2D eigenvalue weighted by Crippen LogP contribution is -2.37. The average Bonchev–Trinajstić information content (AvgIpc) is 3.18. The van der Waals surface area contributed by atoms with Crippen LogP contribution >= 0.6 is 0 Å². The Morgan fingerprint density at radius 2 is 1.67 bits per heavy atom. The minimum absolute atomic E-state index is 0.0257. The molecule has 0 aromatic heterocycles. The number of sulfonamides is 1. The molecule has 14 heteroatoms. The summed E-state index contributed by atoms with van der Waals surface area (Å²) >= 11 is 0. The Hall–Kier alpha value is -4.56. The first-order chi connectivity index (χ1) is 20.5. The molecular formula is C29H29N3O10S. The van der Waals surface area contributed by atoms with Crippen molar-refractivity contribution in [1.82, 2.24) is 9.62 Å². The number of allylic oxidation sites excluding steroid dienone is 2.